The van der Waals surface area contributed by atoms with E-state index in [1.54, 1.807) is 7.11 Å². The number of carbonyl (C=O) groups is 1. The molecule has 1 fully saturated rings. The molecule has 0 saturated carbocycles. The van der Waals surface area contributed by atoms with Crippen LogP contribution in [0.2, 0.25) is 0 Å². The fourth-order valence-electron chi connectivity index (χ4n) is 3.03. The number of hydrogen-bond acceptors (Lipinski definition) is 4. The van der Waals surface area contributed by atoms with Crippen molar-refractivity contribution in [3.8, 4) is 5.75 Å². The van der Waals surface area contributed by atoms with Gasteiger partial charge in [0, 0.05) is 19.1 Å². The van der Waals surface area contributed by atoms with Gasteiger partial charge in [0.25, 0.3) is 0 Å². The Labute approximate surface area is 136 Å². The molecular formula is C18H22N2O3. The second-order valence-corrected chi connectivity index (χ2v) is 5.91. The molecule has 0 aromatic heterocycles. The van der Waals surface area contributed by atoms with E-state index in [9.17, 15) is 4.79 Å². The van der Waals surface area contributed by atoms with Crippen LogP contribution >= 0.6 is 0 Å². The predicted molar refractivity (Wildman–Crippen MR) is 89.4 cm³/mol. The number of nitrogens with zero attached hydrogens (tertiary/aromatic N) is 1. The monoisotopic (exact) mass is 314 g/mol. The summed E-state index contributed by atoms with van der Waals surface area (Å²) in [7, 11) is 1.67. The topological polar surface area (TPSA) is 64.8 Å². The first kappa shape index (κ1) is 15.8. The van der Waals surface area contributed by atoms with Crippen molar-refractivity contribution in [2.75, 3.05) is 26.8 Å². The highest BCUT2D eigenvalue weighted by atomic mass is 16.5. The van der Waals surface area contributed by atoms with Crippen LogP contribution < -0.4 is 10.5 Å². The molecule has 2 aromatic rings. The van der Waals surface area contributed by atoms with Crippen LogP contribution in [0.3, 0.4) is 0 Å². The van der Waals surface area contributed by atoms with Crippen LogP contribution in [0.15, 0.2) is 36.4 Å². The molecule has 1 heterocycles. The Morgan fingerprint density at radius 3 is 2.78 bits per heavy atom. The van der Waals surface area contributed by atoms with Gasteiger partial charge in [-0.2, -0.15) is 0 Å². The summed E-state index contributed by atoms with van der Waals surface area (Å²) in [6, 6.07) is 12.7. The van der Waals surface area contributed by atoms with Crippen molar-refractivity contribution in [3.05, 3.63) is 42.0 Å². The van der Waals surface area contributed by atoms with E-state index in [0.717, 1.165) is 17.7 Å². The molecule has 2 N–H and O–H groups in total. The zero-order chi connectivity index (χ0) is 16.4. The summed E-state index contributed by atoms with van der Waals surface area (Å²) in [4.78, 5) is 13.6. The highest BCUT2D eigenvalue weighted by Gasteiger charge is 2.28. The summed E-state index contributed by atoms with van der Waals surface area (Å²) >= 11 is 0. The standard InChI is InChI=1S/C18H22N2O3/c1-12(20-7-8-23-17(11-20)18(19)21)13-3-4-15-10-16(22-2)6-5-14(15)9-13/h3-6,9-10,12,17H,7-8,11H2,1-2H3,(H2,19,21)/t12-,17-/m1/s1. The van der Waals surface area contributed by atoms with E-state index in [1.165, 1.54) is 10.9 Å². The Morgan fingerprint density at radius 1 is 1.30 bits per heavy atom. The highest BCUT2D eigenvalue weighted by Crippen LogP contribution is 2.27. The van der Waals surface area contributed by atoms with Gasteiger partial charge in [-0.15, -0.1) is 0 Å². The molecule has 2 atom stereocenters. The Bertz CT molecular complexity index is 716. The lowest BCUT2D eigenvalue weighted by Crippen LogP contribution is -2.49. The van der Waals surface area contributed by atoms with E-state index in [4.69, 9.17) is 15.2 Å². The van der Waals surface area contributed by atoms with E-state index in [2.05, 4.69) is 36.1 Å². The van der Waals surface area contributed by atoms with E-state index >= 15 is 0 Å². The highest BCUT2D eigenvalue weighted by molar-refractivity contribution is 5.84. The molecular weight excluding hydrogens is 292 g/mol. The van der Waals surface area contributed by atoms with E-state index in [1.807, 2.05) is 12.1 Å². The lowest BCUT2D eigenvalue weighted by Gasteiger charge is -2.35. The van der Waals surface area contributed by atoms with Crippen molar-refractivity contribution in [1.82, 2.24) is 4.90 Å². The van der Waals surface area contributed by atoms with E-state index in [-0.39, 0.29) is 6.04 Å². The number of hydrogen-bond donors (Lipinski definition) is 1. The first-order chi connectivity index (χ1) is 11.1. The number of benzene rings is 2. The number of rotatable bonds is 4. The maximum absolute atomic E-state index is 11.4. The second kappa shape index (κ2) is 6.56. The molecule has 23 heavy (non-hydrogen) atoms. The third-order valence-electron chi connectivity index (χ3n) is 4.52. The molecule has 1 aliphatic heterocycles. The first-order valence-corrected chi connectivity index (χ1v) is 7.81. The average molecular weight is 314 g/mol. The van der Waals surface area contributed by atoms with Gasteiger partial charge < -0.3 is 15.2 Å². The van der Waals surface area contributed by atoms with Crippen molar-refractivity contribution < 1.29 is 14.3 Å². The number of morpholine rings is 1. The van der Waals surface area contributed by atoms with Gasteiger partial charge in [0.05, 0.1) is 13.7 Å². The van der Waals surface area contributed by atoms with Crippen LogP contribution in [0, 0.1) is 0 Å². The normalized spacial score (nSPS) is 20.3. The summed E-state index contributed by atoms with van der Waals surface area (Å²) in [5.41, 5.74) is 6.58. The molecule has 3 rings (SSSR count). The van der Waals surface area contributed by atoms with Crippen molar-refractivity contribution in [2.24, 2.45) is 5.73 Å². The average Bonchev–Trinajstić information content (AvgIpc) is 2.60. The fraction of sp³-hybridized carbons (Fsp3) is 0.389. The molecule has 0 spiro atoms. The molecule has 1 amide bonds. The SMILES string of the molecule is COc1ccc2cc([C@@H](C)N3CCO[C@@H](C(N)=O)C3)ccc2c1. The van der Waals surface area contributed by atoms with Crippen molar-refractivity contribution >= 4 is 16.7 Å². The largest absolute Gasteiger partial charge is 0.497 e. The number of nitrogens with two attached hydrogens (primary N) is 1. The quantitative estimate of drug-likeness (QED) is 0.938. The minimum Gasteiger partial charge on any atom is -0.497 e. The fourth-order valence-corrected chi connectivity index (χ4v) is 3.03. The smallest absolute Gasteiger partial charge is 0.247 e. The summed E-state index contributed by atoms with van der Waals surface area (Å²) in [6.07, 6.45) is -0.518. The summed E-state index contributed by atoms with van der Waals surface area (Å²) in [6.45, 7) is 4.01. The Balaban J connectivity index is 1.82. The van der Waals surface area contributed by atoms with Crippen molar-refractivity contribution in [2.45, 2.75) is 19.1 Å². The van der Waals surface area contributed by atoms with Gasteiger partial charge in [0.15, 0.2) is 0 Å². The van der Waals surface area contributed by atoms with Gasteiger partial charge in [0.1, 0.15) is 11.9 Å². The number of ether oxygens (including phenoxy) is 2. The summed E-state index contributed by atoms with van der Waals surface area (Å²) in [5.74, 6) is 0.461. The van der Waals surface area contributed by atoms with Crippen LogP contribution in [-0.2, 0) is 9.53 Å². The predicted octanol–water partition coefficient (Wildman–Crippen LogP) is 2.10. The van der Waals surface area contributed by atoms with Crippen LogP contribution in [0.25, 0.3) is 10.8 Å². The van der Waals surface area contributed by atoms with Crippen LogP contribution in [-0.4, -0.2) is 43.7 Å². The van der Waals surface area contributed by atoms with Gasteiger partial charge in [0.2, 0.25) is 5.91 Å². The third kappa shape index (κ3) is 3.30. The number of primary amides is 1. The molecule has 0 unspecified atom stereocenters. The van der Waals surface area contributed by atoms with Crippen molar-refractivity contribution in [3.63, 3.8) is 0 Å². The number of amides is 1. The number of carbonyl (C=O) groups excluding carboxylic acids is 1. The van der Waals surface area contributed by atoms with Gasteiger partial charge >= 0.3 is 0 Å². The van der Waals surface area contributed by atoms with E-state index in [0.29, 0.717) is 13.2 Å². The molecule has 0 bridgehead atoms. The van der Waals surface area contributed by atoms with Gasteiger partial charge in [-0.25, -0.2) is 0 Å². The zero-order valence-electron chi connectivity index (χ0n) is 13.5. The molecule has 2 aromatic carbocycles. The molecule has 0 aliphatic carbocycles. The number of fused-ring (bicyclic) bond motifs is 1. The Kier molecular flexibility index (Phi) is 4.50. The Morgan fingerprint density at radius 2 is 2.04 bits per heavy atom. The second-order valence-electron chi connectivity index (χ2n) is 5.91. The lowest BCUT2D eigenvalue weighted by molar-refractivity contribution is -0.136. The maximum atomic E-state index is 11.4. The van der Waals surface area contributed by atoms with Crippen LogP contribution in [0.4, 0.5) is 0 Å². The minimum atomic E-state index is -0.518. The first-order valence-electron chi connectivity index (χ1n) is 7.81. The molecule has 1 aliphatic rings. The zero-order valence-corrected chi connectivity index (χ0v) is 13.5. The lowest BCUT2D eigenvalue weighted by atomic mass is 10.0. The van der Waals surface area contributed by atoms with E-state index < -0.39 is 12.0 Å². The summed E-state index contributed by atoms with van der Waals surface area (Å²) in [5, 5.41) is 2.33. The summed E-state index contributed by atoms with van der Waals surface area (Å²) < 4.78 is 10.7. The number of methoxy groups -OCH3 is 1. The molecule has 1 saturated heterocycles. The molecule has 5 nitrogen and oxygen atoms in total. The van der Waals surface area contributed by atoms with Gasteiger partial charge in [-0.1, -0.05) is 18.2 Å². The molecule has 0 radical (unpaired) electrons. The third-order valence-corrected chi connectivity index (χ3v) is 4.52. The Hall–Kier alpha value is -2.11. The molecule has 122 valence electrons. The minimum absolute atomic E-state index is 0.201. The molecule has 5 heteroatoms. The maximum Gasteiger partial charge on any atom is 0.247 e. The van der Waals surface area contributed by atoms with Crippen molar-refractivity contribution in [1.29, 1.82) is 0 Å². The van der Waals surface area contributed by atoms with Gasteiger partial charge in [-0.3, -0.25) is 9.69 Å². The van der Waals surface area contributed by atoms with Crippen LogP contribution in [0.1, 0.15) is 18.5 Å². The van der Waals surface area contributed by atoms with Gasteiger partial charge in [-0.05, 0) is 41.5 Å². The van der Waals surface area contributed by atoms with Crippen LogP contribution in [0.5, 0.6) is 5.75 Å².